The Morgan fingerprint density at radius 1 is 1.31 bits per heavy atom. The molecule has 90 valence electrons. The molecule has 16 heavy (non-hydrogen) atoms. The smallest absolute Gasteiger partial charge is 0.0843 e. The van der Waals surface area contributed by atoms with Gasteiger partial charge < -0.3 is 11.1 Å². The molecule has 0 spiro atoms. The molecule has 0 amide bonds. The first-order valence-corrected chi connectivity index (χ1v) is 7.98. The zero-order valence-corrected chi connectivity index (χ0v) is 13.0. The van der Waals surface area contributed by atoms with E-state index in [4.69, 9.17) is 5.73 Å². The first-order chi connectivity index (χ1) is 7.65. The Morgan fingerprint density at radius 3 is 2.56 bits per heavy atom. The lowest BCUT2D eigenvalue weighted by atomic mass is 9.92. The average molecular weight is 368 g/mol. The summed E-state index contributed by atoms with van der Waals surface area (Å²) in [5.41, 5.74) is 5.89. The largest absolute Gasteiger partial charge is 0.328 e. The van der Waals surface area contributed by atoms with Crippen molar-refractivity contribution < 1.29 is 0 Å². The number of halogens is 2. The van der Waals surface area contributed by atoms with E-state index in [9.17, 15) is 0 Å². The Kier molecular flexibility index (Phi) is 4.85. The van der Waals surface area contributed by atoms with Crippen molar-refractivity contribution in [3.63, 3.8) is 0 Å². The second kappa shape index (κ2) is 5.96. The lowest BCUT2D eigenvalue weighted by molar-refractivity contribution is 0.342. The molecule has 0 unspecified atom stereocenters. The van der Waals surface area contributed by atoms with Crippen LogP contribution in [0.1, 0.15) is 30.6 Å². The van der Waals surface area contributed by atoms with Gasteiger partial charge in [-0.15, -0.1) is 11.3 Å². The maximum atomic E-state index is 5.89. The highest BCUT2D eigenvalue weighted by Crippen LogP contribution is 2.32. The summed E-state index contributed by atoms with van der Waals surface area (Å²) >= 11 is 8.81. The summed E-state index contributed by atoms with van der Waals surface area (Å²) in [5.74, 6) is 0. The van der Waals surface area contributed by atoms with E-state index in [1.54, 1.807) is 11.3 Å². The number of thiophene rings is 1. The summed E-state index contributed by atoms with van der Waals surface area (Å²) in [7, 11) is 0. The topological polar surface area (TPSA) is 38.0 Å². The number of rotatable bonds is 3. The van der Waals surface area contributed by atoms with Crippen molar-refractivity contribution in [2.45, 2.75) is 44.3 Å². The van der Waals surface area contributed by atoms with E-state index >= 15 is 0 Å². The number of nitrogens with two attached hydrogens (primary N) is 1. The highest BCUT2D eigenvalue weighted by atomic mass is 79.9. The Morgan fingerprint density at radius 2 is 2.00 bits per heavy atom. The van der Waals surface area contributed by atoms with Crippen LogP contribution in [-0.4, -0.2) is 12.1 Å². The molecule has 0 saturated heterocycles. The van der Waals surface area contributed by atoms with Gasteiger partial charge in [0.05, 0.1) is 3.79 Å². The predicted molar refractivity (Wildman–Crippen MR) is 76.8 cm³/mol. The van der Waals surface area contributed by atoms with Gasteiger partial charge in [-0.2, -0.15) is 0 Å². The lowest BCUT2D eigenvalue weighted by Crippen LogP contribution is -2.36. The van der Waals surface area contributed by atoms with Crippen LogP contribution in [0.4, 0.5) is 0 Å². The molecule has 2 nitrogen and oxygen atoms in total. The second-order valence-corrected chi connectivity index (χ2v) is 7.64. The summed E-state index contributed by atoms with van der Waals surface area (Å²) < 4.78 is 2.33. The lowest BCUT2D eigenvalue weighted by Gasteiger charge is -2.26. The fraction of sp³-hybridized carbons (Fsp3) is 0.636. The molecule has 1 aliphatic rings. The van der Waals surface area contributed by atoms with Crippen LogP contribution in [0.2, 0.25) is 0 Å². The van der Waals surface area contributed by atoms with Gasteiger partial charge in [0.1, 0.15) is 0 Å². The first-order valence-electron chi connectivity index (χ1n) is 5.58. The van der Waals surface area contributed by atoms with Gasteiger partial charge in [-0.3, -0.25) is 0 Å². The van der Waals surface area contributed by atoms with Crippen LogP contribution in [0.15, 0.2) is 14.3 Å². The van der Waals surface area contributed by atoms with Crippen molar-refractivity contribution in [3.8, 4) is 0 Å². The Labute approximate surface area is 117 Å². The zero-order valence-electron chi connectivity index (χ0n) is 9.01. The summed E-state index contributed by atoms with van der Waals surface area (Å²) in [6, 6.07) is 3.26. The van der Waals surface area contributed by atoms with Crippen LogP contribution in [0.5, 0.6) is 0 Å². The minimum atomic E-state index is 0.433. The van der Waals surface area contributed by atoms with Crippen LogP contribution >= 0.6 is 43.2 Å². The maximum Gasteiger partial charge on any atom is 0.0843 e. The number of hydrogen-bond acceptors (Lipinski definition) is 3. The molecule has 1 aromatic rings. The van der Waals surface area contributed by atoms with E-state index < -0.39 is 0 Å². The highest BCUT2D eigenvalue weighted by Gasteiger charge is 2.18. The van der Waals surface area contributed by atoms with Gasteiger partial charge in [-0.25, -0.2) is 0 Å². The molecular weight excluding hydrogens is 352 g/mol. The van der Waals surface area contributed by atoms with Crippen molar-refractivity contribution in [1.29, 1.82) is 0 Å². The molecule has 2 rings (SSSR count). The predicted octanol–water partition coefficient (Wildman–Crippen LogP) is 3.63. The number of hydrogen-bond donors (Lipinski definition) is 2. The van der Waals surface area contributed by atoms with E-state index in [2.05, 4.69) is 43.2 Å². The van der Waals surface area contributed by atoms with Crippen molar-refractivity contribution in [3.05, 3.63) is 19.2 Å². The summed E-state index contributed by atoms with van der Waals surface area (Å²) in [5, 5.41) is 3.61. The molecule has 0 radical (unpaired) electrons. The molecule has 0 aromatic carbocycles. The molecule has 1 aromatic heterocycles. The third-order valence-electron chi connectivity index (χ3n) is 3.03. The van der Waals surface area contributed by atoms with Crippen LogP contribution in [-0.2, 0) is 6.54 Å². The molecule has 1 fully saturated rings. The molecule has 5 heteroatoms. The van der Waals surface area contributed by atoms with Gasteiger partial charge in [0, 0.05) is 28.0 Å². The van der Waals surface area contributed by atoms with E-state index in [-0.39, 0.29) is 0 Å². The van der Waals surface area contributed by atoms with Gasteiger partial charge in [0.2, 0.25) is 0 Å². The third-order valence-corrected chi connectivity index (χ3v) is 6.29. The Hall–Kier alpha value is 0.580. The van der Waals surface area contributed by atoms with Gasteiger partial charge in [0.25, 0.3) is 0 Å². The van der Waals surface area contributed by atoms with Crippen molar-refractivity contribution >= 4 is 43.2 Å². The van der Waals surface area contributed by atoms with Gasteiger partial charge in [0.15, 0.2) is 0 Å². The van der Waals surface area contributed by atoms with Crippen molar-refractivity contribution in [2.75, 3.05) is 0 Å². The van der Waals surface area contributed by atoms with Crippen molar-refractivity contribution in [1.82, 2.24) is 5.32 Å². The fourth-order valence-corrected chi connectivity index (χ4v) is 4.17. The molecule has 0 atom stereocenters. The van der Waals surface area contributed by atoms with Crippen LogP contribution in [0, 0.1) is 0 Å². The third kappa shape index (κ3) is 3.53. The molecule has 1 aliphatic carbocycles. The zero-order chi connectivity index (χ0) is 11.5. The van der Waals surface area contributed by atoms with Crippen LogP contribution in [0.3, 0.4) is 0 Å². The van der Waals surface area contributed by atoms with E-state index in [0.717, 1.165) is 23.9 Å². The first kappa shape index (κ1) is 13.0. The second-order valence-electron chi connectivity index (χ2n) is 4.33. The van der Waals surface area contributed by atoms with E-state index in [0.29, 0.717) is 12.1 Å². The average Bonchev–Trinajstić information content (AvgIpc) is 2.58. The van der Waals surface area contributed by atoms with Gasteiger partial charge in [-0.1, -0.05) is 0 Å². The van der Waals surface area contributed by atoms with Gasteiger partial charge >= 0.3 is 0 Å². The van der Waals surface area contributed by atoms with E-state index in [1.165, 1.54) is 21.5 Å². The van der Waals surface area contributed by atoms with E-state index in [1.807, 2.05) is 0 Å². The van der Waals surface area contributed by atoms with Crippen LogP contribution < -0.4 is 11.1 Å². The standard InChI is InChI=1S/C11H16Br2N2S/c12-10-5-9(16-11(10)13)6-15-8-3-1-7(14)2-4-8/h5,7-8,15H,1-4,6,14H2. The molecule has 3 N–H and O–H groups in total. The Balaban J connectivity index is 1.79. The Bertz CT molecular complexity index is 326. The normalized spacial score (nSPS) is 25.9. The quantitative estimate of drug-likeness (QED) is 0.855. The molecule has 0 bridgehead atoms. The minimum absolute atomic E-state index is 0.433. The van der Waals surface area contributed by atoms with Crippen LogP contribution in [0.25, 0.3) is 0 Å². The van der Waals surface area contributed by atoms with Gasteiger partial charge in [-0.05, 0) is 63.6 Å². The molecule has 0 aliphatic heterocycles. The summed E-state index contributed by atoms with van der Waals surface area (Å²) in [6.45, 7) is 0.967. The monoisotopic (exact) mass is 366 g/mol. The molecule has 1 heterocycles. The highest BCUT2D eigenvalue weighted by molar-refractivity contribution is 9.13. The molecular formula is C11H16Br2N2S. The van der Waals surface area contributed by atoms with Crippen molar-refractivity contribution in [2.24, 2.45) is 5.73 Å². The number of nitrogens with one attached hydrogen (secondary N) is 1. The fourth-order valence-electron chi connectivity index (χ4n) is 2.05. The maximum absolute atomic E-state index is 5.89. The summed E-state index contributed by atoms with van der Waals surface area (Å²) in [4.78, 5) is 1.37. The summed E-state index contributed by atoms with van der Waals surface area (Å²) in [6.07, 6.45) is 4.76. The SMILES string of the molecule is NC1CCC(NCc2cc(Br)c(Br)s2)CC1. The molecule has 1 saturated carbocycles. The minimum Gasteiger partial charge on any atom is -0.328 e.